The van der Waals surface area contributed by atoms with Crippen molar-refractivity contribution in [2.75, 3.05) is 19.6 Å². The molecule has 4 nitrogen and oxygen atoms in total. The van der Waals surface area contributed by atoms with Gasteiger partial charge in [-0.3, -0.25) is 4.79 Å². The van der Waals surface area contributed by atoms with Gasteiger partial charge in [-0.2, -0.15) is 0 Å². The first-order valence-corrected chi connectivity index (χ1v) is 6.75. The van der Waals surface area contributed by atoms with E-state index >= 15 is 0 Å². The van der Waals surface area contributed by atoms with Crippen LogP contribution in [0.3, 0.4) is 0 Å². The average molecular weight is 337 g/mol. The summed E-state index contributed by atoms with van der Waals surface area (Å²) in [5.74, 6) is 0.0248. The Kier molecular flexibility index (Phi) is 6.46. The SMILES string of the molecule is COCC(CCCl)NC(=O)c1ccc(Br)cc1O. The number of methoxy groups -OCH3 is 1. The van der Waals surface area contributed by atoms with Gasteiger partial charge in [0.05, 0.1) is 18.2 Å². The molecule has 0 fully saturated rings. The third kappa shape index (κ3) is 4.48. The molecule has 0 spiro atoms. The van der Waals surface area contributed by atoms with Crippen LogP contribution in [-0.2, 0) is 4.74 Å². The van der Waals surface area contributed by atoms with Crippen LogP contribution in [0.4, 0.5) is 0 Å². The highest BCUT2D eigenvalue weighted by molar-refractivity contribution is 9.10. The highest BCUT2D eigenvalue weighted by Gasteiger charge is 2.16. The molecule has 1 aromatic rings. The van der Waals surface area contributed by atoms with Crippen LogP contribution in [0, 0.1) is 0 Å². The molecule has 1 atom stereocenters. The molecule has 18 heavy (non-hydrogen) atoms. The van der Waals surface area contributed by atoms with Crippen LogP contribution in [0.2, 0.25) is 0 Å². The van der Waals surface area contributed by atoms with E-state index < -0.39 is 0 Å². The Bertz CT molecular complexity index is 408. The van der Waals surface area contributed by atoms with Crippen molar-refractivity contribution in [3.8, 4) is 5.75 Å². The molecule has 6 heteroatoms. The molecule has 1 unspecified atom stereocenters. The number of ether oxygens (including phenoxy) is 1. The lowest BCUT2D eigenvalue weighted by atomic mass is 10.1. The van der Waals surface area contributed by atoms with Crippen molar-refractivity contribution < 1.29 is 14.6 Å². The molecule has 0 aliphatic carbocycles. The van der Waals surface area contributed by atoms with Crippen LogP contribution in [0.25, 0.3) is 0 Å². The molecule has 0 bridgehead atoms. The average Bonchev–Trinajstić information content (AvgIpc) is 2.29. The first-order chi connectivity index (χ1) is 8.58. The molecule has 0 heterocycles. The van der Waals surface area contributed by atoms with Crippen molar-refractivity contribution in [3.05, 3.63) is 28.2 Å². The van der Waals surface area contributed by atoms with E-state index in [2.05, 4.69) is 21.2 Å². The maximum atomic E-state index is 12.0. The first-order valence-electron chi connectivity index (χ1n) is 5.42. The van der Waals surface area contributed by atoms with E-state index in [0.29, 0.717) is 23.4 Å². The number of nitrogens with one attached hydrogen (secondary N) is 1. The number of carbonyl (C=O) groups excluding carboxylic acids is 1. The monoisotopic (exact) mass is 335 g/mol. The van der Waals surface area contributed by atoms with Gasteiger partial charge in [0.25, 0.3) is 5.91 Å². The van der Waals surface area contributed by atoms with Crippen molar-refractivity contribution in [1.29, 1.82) is 0 Å². The highest BCUT2D eigenvalue weighted by atomic mass is 79.9. The van der Waals surface area contributed by atoms with Crippen molar-refractivity contribution in [1.82, 2.24) is 5.32 Å². The maximum absolute atomic E-state index is 12.0. The maximum Gasteiger partial charge on any atom is 0.255 e. The van der Waals surface area contributed by atoms with E-state index in [1.54, 1.807) is 19.2 Å². The van der Waals surface area contributed by atoms with Gasteiger partial charge in [-0.15, -0.1) is 11.6 Å². The van der Waals surface area contributed by atoms with Gasteiger partial charge >= 0.3 is 0 Å². The molecular weight excluding hydrogens is 321 g/mol. The third-order valence-electron chi connectivity index (χ3n) is 2.37. The fourth-order valence-electron chi connectivity index (χ4n) is 1.49. The molecule has 1 aromatic carbocycles. The van der Waals surface area contributed by atoms with Gasteiger partial charge in [0.15, 0.2) is 0 Å². The molecule has 0 radical (unpaired) electrons. The quantitative estimate of drug-likeness (QED) is 0.785. The standard InChI is InChI=1S/C12H15BrClNO3/c1-18-7-9(4-5-14)15-12(17)10-3-2-8(13)6-11(10)16/h2-3,6,9,16H,4-5,7H2,1H3,(H,15,17). The Balaban J connectivity index is 2.73. The summed E-state index contributed by atoms with van der Waals surface area (Å²) in [6.07, 6.45) is 0.610. The van der Waals surface area contributed by atoms with E-state index in [1.807, 2.05) is 0 Å². The number of phenolic OH excluding ortho intramolecular Hbond substituents is 1. The molecule has 0 aliphatic heterocycles. The number of alkyl halides is 1. The summed E-state index contributed by atoms with van der Waals surface area (Å²) in [5.41, 5.74) is 0.230. The number of aromatic hydroxyl groups is 1. The van der Waals surface area contributed by atoms with E-state index in [-0.39, 0.29) is 23.3 Å². The van der Waals surface area contributed by atoms with Crippen LogP contribution in [-0.4, -0.2) is 36.7 Å². The number of hydrogen-bond donors (Lipinski definition) is 2. The molecule has 0 aliphatic rings. The smallest absolute Gasteiger partial charge is 0.255 e. The topological polar surface area (TPSA) is 58.6 Å². The van der Waals surface area contributed by atoms with E-state index in [0.717, 1.165) is 0 Å². The lowest BCUT2D eigenvalue weighted by Gasteiger charge is -2.17. The second kappa shape index (κ2) is 7.61. The number of halogens is 2. The summed E-state index contributed by atoms with van der Waals surface area (Å²) in [6.45, 7) is 0.385. The fraction of sp³-hybridized carbons (Fsp3) is 0.417. The van der Waals surface area contributed by atoms with Crippen molar-refractivity contribution in [3.63, 3.8) is 0 Å². The Hall–Kier alpha value is -0.780. The van der Waals surface area contributed by atoms with Crippen molar-refractivity contribution >= 4 is 33.4 Å². The first kappa shape index (κ1) is 15.3. The molecule has 0 saturated heterocycles. The number of amides is 1. The molecule has 100 valence electrons. The van der Waals surface area contributed by atoms with Crippen LogP contribution in [0.15, 0.2) is 22.7 Å². The van der Waals surface area contributed by atoms with Crippen LogP contribution >= 0.6 is 27.5 Å². The lowest BCUT2D eigenvalue weighted by molar-refractivity contribution is 0.0892. The summed E-state index contributed by atoms with van der Waals surface area (Å²) in [7, 11) is 1.56. The van der Waals surface area contributed by atoms with E-state index in [9.17, 15) is 9.90 Å². The van der Waals surface area contributed by atoms with Crippen molar-refractivity contribution in [2.24, 2.45) is 0 Å². The summed E-state index contributed by atoms with van der Waals surface area (Å²) in [4.78, 5) is 12.0. The second-order valence-electron chi connectivity index (χ2n) is 3.76. The highest BCUT2D eigenvalue weighted by Crippen LogP contribution is 2.22. The molecule has 2 N–H and O–H groups in total. The van der Waals surface area contributed by atoms with E-state index in [1.165, 1.54) is 6.07 Å². The van der Waals surface area contributed by atoms with Gasteiger partial charge in [0.1, 0.15) is 5.75 Å². The lowest BCUT2D eigenvalue weighted by Crippen LogP contribution is -2.38. The third-order valence-corrected chi connectivity index (χ3v) is 3.08. The Labute approximate surface area is 119 Å². The number of phenols is 1. The zero-order chi connectivity index (χ0) is 13.5. The second-order valence-corrected chi connectivity index (χ2v) is 5.06. The normalized spacial score (nSPS) is 12.2. The van der Waals surface area contributed by atoms with Gasteiger partial charge < -0.3 is 15.2 Å². The van der Waals surface area contributed by atoms with E-state index in [4.69, 9.17) is 16.3 Å². The Morgan fingerprint density at radius 2 is 2.33 bits per heavy atom. The zero-order valence-electron chi connectivity index (χ0n) is 9.95. The summed E-state index contributed by atoms with van der Waals surface area (Å²) in [6, 6.07) is 4.56. The number of benzene rings is 1. The molecule has 1 amide bonds. The van der Waals surface area contributed by atoms with Gasteiger partial charge in [-0.25, -0.2) is 0 Å². The Morgan fingerprint density at radius 1 is 1.61 bits per heavy atom. The number of rotatable bonds is 6. The fourth-order valence-corrected chi connectivity index (χ4v) is 2.10. The van der Waals surface area contributed by atoms with Gasteiger partial charge in [-0.05, 0) is 24.6 Å². The van der Waals surface area contributed by atoms with Gasteiger partial charge in [-0.1, -0.05) is 15.9 Å². The number of hydrogen-bond acceptors (Lipinski definition) is 3. The zero-order valence-corrected chi connectivity index (χ0v) is 12.3. The van der Waals surface area contributed by atoms with Crippen LogP contribution in [0.5, 0.6) is 5.75 Å². The predicted molar refractivity (Wildman–Crippen MR) is 74.3 cm³/mol. The summed E-state index contributed by atoms with van der Waals surface area (Å²) >= 11 is 8.87. The minimum absolute atomic E-state index is 0.0658. The summed E-state index contributed by atoms with van der Waals surface area (Å²) < 4.78 is 5.71. The molecular formula is C12H15BrClNO3. The largest absolute Gasteiger partial charge is 0.507 e. The number of carbonyl (C=O) groups is 1. The molecule has 0 saturated carbocycles. The summed E-state index contributed by atoms with van der Waals surface area (Å²) in [5, 5.41) is 12.5. The molecule has 1 rings (SSSR count). The van der Waals surface area contributed by atoms with Crippen molar-refractivity contribution in [2.45, 2.75) is 12.5 Å². The van der Waals surface area contributed by atoms with Gasteiger partial charge in [0.2, 0.25) is 0 Å². The molecule has 0 aromatic heterocycles. The minimum Gasteiger partial charge on any atom is -0.507 e. The van der Waals surface area contributed by atoms with Gasteiger partial charge in [0, 0.05) is 17.5 Å². The van der Waals surface area contributed by atoms with Crippen LogP contribution in [0.1, 0.15) is 16.8 Å². The predicted octanol–water partition coefficient (Wildman–Crippen LogP) is 2.53. The minimum atomic E-state index is -0.341. The Morgan fingerprint density at radius 3 is 2.89 bits per heavy atom. The van der Waals surface area contributed by atoms with Crippen LogP contribution < -0.4 is 5.32 Å².